The van der Waals surface area contributed by atoms with Gasteiger partial charge in [-0.25, -0.2) is 0 Å². The number of carbonyl (C=O) groups excluding carboxylic acids is 2. The van der Waals surface area contributed by atoms with Crippen LogP contribution >= 0.6 is 0 Å². The van der Waals surface area contributed by atoms with Crippen molar-refractivity contribution in [2.75, 3.05) is 19.8 Å². The maximum atomic E-state index is 12.6. The van der Waals surface area contributed by atoms with Crippen molar-refractivity contribution in [3.63, 3.8) is 0 Å². The third kappa shape index (κ3) is 50.8. The molecular weight excluding hydrogens is 765 g/mol. The SMILES string of the molecule is CCCCC/C=C\C/C=C\CCCCCCCC(=O)OC[C@H](COC(=O)CCCCCCCCC/C=C\CCCCCC)OCCCCCCCCCCCCCCCCCC. The van der Waals surface area contributed by atoms with E-state index < -0.39 is 6.10 Å². The molecular formula is C57H106O5. The zero-order chi connectivity index (χ0) is 44.9. The van der Waals surface area contributed by atoms with Gasteiger partial charge in [-0.05, 0) is 77.0 Å². The van der Waals surface area contributed by atoms with Crippen molar-refractivity contribution in [2.45, 2.75) is 297 Å². The van der Waals surface area contributed by atoms with Crippen molar-refractivity contribution in [3.8, 4) is 0 Å². The van der Waals surface area contributed by atoms with Gasteiger partial charge in [0.05, 0.1) is 0 Å². The standard InChI is InChI=1S/C57H106O5/c1-4-7-10-13-16-19-22-25-28-31-34-37-40-43-46-49-52-60-55(53-61-56(58)50-47-44-41-38-35-32-29-26-23-20-17-14-11-8-5-2)54-62-57(59)51-48-45-42-39-36-33-30-27-24-21-18-15-12-9-6-3/h17,20-21,24,26,29,55H,4-16,18-19,22-23,25,27-28,30-54H2,1-3H3/b20-17-,24-21-,29-26-/t55-/m1/s1. The summed E-state index contributed by atoms with van der Waals surface area (Å²) in [6, 6.07) is 0. The number of carbonyl (C=O) groups is 2. The fourth-order valence-corrected chi connectivity index (χ4v) is 7.98. The molecule has 1 atom stereocenters. The number of allylic oxidation sites excluding steroid dienone is 6. The van der Waals surface area contributed by atoms with Gasteiger partial charge in [0.25, 0.3) is 0 Å². The molecule has 0 aliphatic rings. The first-order chi connectivity index (χ1) is 30.6. The van der Waals surface area contributed by atoms with Crippen LogP contribution in [-0.2, 0) is 23.8 Å². The van der Waals surface area contributed by atoms with Gasteiger partial charge in [0.2, 0.25) is 0 Å². The highest BCUT2D eigenvalue weighted by Gasteiger charge is 2.16. The molecule has 0 aliphatic heterocycles. The number of ether oxygens (including phenoxy) is 3. The number of unbranched alkanes of at least 4 members (excludes halogenated alkanes) is 34. The van der Waals surface area contributed by atoms with Crippen LogP contribution in [0.1, 0.15) is 290 Å². The van der Waals surface area contributed by atoms with Crippen LogP contribution in [0, 0.1) is 0 Å². The van der Waals surface area contributed by atoms with Gasteiger partial charge in [0, 0.05) is 19.4 Å². The zero-order valence-electron chi connectivity index (χ0n) is 41.9. The normalized spacial score (nSPS) is 12.4. The third-order valence-electron chi connectivity index (χ3n) is 12.2. The van der Waals surface area contributed by atoms with Crippen molar-refractivity contribution in [3.05, 3.63) is 36.5 Å². The van der Waals surface area contributed by atoms with Crippen molar-refractivity contribution in [1.29, 1.82) is 0 Å². The van der Waals surface area contributed by atoms with E-state index >= 15 is 0 Å². The van der Waals surface area contributed by atoms with Crippen LogP contribution < -0.4 is 0 Å². The largest absolute Gasteiger partial charge is 0.463 e. The molecule has 5 heteroatoms. The first kappa shape index (κ1) is 60.1. The van der Waals surface area contributed by atoms with Crippen molar-refractivity contribution < 1.29 is 23.8 Å². The zero-order valence-corrected chi connectivity index (χ0v) is 41.9. The molecule has 62 heavy (non-hydrogen) atoms. The van der Waals surface area contributed by atoms with Gasteiger partial charge in [-0.1, -0.05) is 237 Å². The highest BCUT2D eigenvalue weighted by Crippen LogP contribution is 2.16. The van der Waals surface area contributed by atoms with Gasteiger partial charge in [0.15, 0.2) is 0 Å². The van der Waals surface area contributed by atoms with Crippen molar-refractivity contribution in [2.24, 2.45) is 0 Å². The molecule has 5 nitrogen and oxygen atoms in total. The van der Waals surface area contributed by atoms with Crippen LogP contribution in [0.25, 0.3) is 0 Å². The molecule has 0 saturated heterocycles. The Hall–Kier alpha value is -1.88. The second-order valence-electron chi connectivity index (χ2n) is 18.5. The summed E-state index contributed by atoms with van der Waals surface area (Å²) in [5, 5.41) is 0. The molecule has 0 amide bonds. The van der Waals surface area contributed by atoms with Crippen LogP contribution in [0.5, 0.6) is 0 Å². The summed E-state index contributed by atoms with van der Waals surface area (Å²) in [4.78, 5) is 25.2. The summed E-state index contributed by atoms with van der Waals surface area (Å²) >= 11 is 0. The third-order valence-corrected chi connectivity index (χ3v) is 12.2. The Morgan fingerprint density at radius 2 is 0.613 bits per heavy atom. The average molecular weight is 871 g/mol. The number of esters is 2. The molecule has 0 aromatic heterocycles. The predicted octanol–water partition coefficient (Wildman–Crippen LogP) is 18.6. The van der Waals surface area contributed by atoms with E-state index in [0.717, 1.165) is 57.8 Å². The topological polar surface area (TPSA) is 61.8 Å². The van der Waals surface area contributed by atoms with E-state index in [2.05, 4.69) is 57.2 Å². The molecule has 0 N–H and O–H groups in total. The highest BCUT2D eigenvalue weighted by atomic mass is 16.6. The average Bonchev–Trinajstić information content (AvgIpc) is 3.28. The first-order valence-corrected chi connectivity index (χ1v) is 27.5. The van der Waals surface area contributed by atoms with Gasteiger partial charge < -0.3 is 14.2 Å². The Bertz CT molecular complexity index is 986. The number of rotatable bonds is 51. The monoisotopic (exact) mass is 871 g/mol. The molecule has 0 bridgehead atoms. The van der Waals surface area contributed by atoms with E-state index in [1.54, 1.807) is 0 Å². The number of hydrogen-bond donors (Lipinski definition) is 0. The lowest BCUT2D eigenvalue weighted by Crippen LogP contribution is -2.29. The van der Waals surface area contributed by atoms with E-state index in [4.69, 9.17) is 14.2 Å². The van der Waals surface area contributed by atoms with Crippen LogP contribution in [0.15, 0.2) is 36.5 Å². The Kier molecular flexibility index (Phi) is 51.8. The predicted molar refractivity (Wildman–Crippen MR) is 270 cm³/mol. The first-order valence-electron chi connectivity index (χ1n) is 27.5. The molecule has 364 valence electrons. The van der Waals surface area contributed by atoms with E-state index in [1.807, 2.05) is 0 Å². The lowest BCUT2D eigenvalue weighted by atomic mass is 10.0. The lowest BCUT2D eigenvalue weighted by Gasteiger charge is -2.18. The molecule has 0 aromatic rings. The second kappa shape index (κ2) is 53.5. The van der Waals surface area contributed by atoms with Crippen LogP contribution in [0.3, 0.4) is 0 Å². The minimum Gasteiger partial charge on any atom is -0.463 e. The second-order valence-corrected chi connectivity index (χ2v) is 18.5. The van der Waals surface area contributed by atoms with Crippen LogP contribution in [0.2, 0.25) is 0 Å². The van der Waals surface area contributed by atoms with Crippen LogP contribution in [-0.4, -0.2) is 37.9 Å². The summed E-state index contributed by atoms with van der Waals surface area (Å²) in [5.41, 5.74) is 0. The fourth-order valence-electron chi connectivity index (χ4n) is 7.98. The Morgan fingerprint density at radius 1 is 0.339 bits per heavy atom. The van der Waals surface area contributed by atoms with Gasteiger partial charge in [0.1, 0.15) is 19.3 Å². The Balaban J connectivity index is 4.25. The smallest absolute Gasteiger partial charge is 0.305 e. The van der Waals surface area contributed by atoms with E-state index in [0.29, 0.717) is 19.4 Å². The summed E-state index contributed by atoms with van der Waals surface area (Å²) in [6.45, 7) is 7.72. The maximum absolute atomic E-state index is 12.6. The van der Waals surface area contributed by atoms with Crippen LogP contribution in [0.4, 0.5) is 0 Å². The Morgan fingerprint density at radius 3 is 1.00 bits per heavy atom. The Labute approximate surface area is 387 Å². The van der Waals surface area contributed by atoms with Crippen molar-refractivity contribution >= 4 is 11.9 Å². The maximum Gasteiger partial charge on any atom is 0.305 e. The lowest BCUT2D eigenvalue weighted by molar-refractivity contribution is -0.155. The fraction of sp³-hybridized carbons (Fsp3) is 0.860. The molecule has 0 heterocycles. The van der Waals surface area contributed by atoms with E-state index in [9.17, 15) is 9.59 Å². The summed E-state index contributed by atoms with van der Waals surface area (Å²) in [5.74, 6) is -0.341. The molecule has 0 aromatic carbocycles. The van der Waals surface area contributed by atoms with Gasteiger partial charge in [-0.2, -0.15) is 0 Å². The molecule has 0 radical (unpaired) electrons. The van der Waals surface area contributed by atoms with E-state index in [1.165, 1.54) is 199 Å². The molecule has 0 spiro atoms. The molecule has 0 aliphatic carbocycles. The molecule has 0 unspecified atom stereocenters. The molecule has 0 fully saturated rings. The summed E-state index contributed by atoms with van der Waals surface area (Å²) in [7, 11) is 0. The molecule has 0 rings (SSSR count). The van der Waals surface area contributed by atoms with Crippen molar-refractivity contribution in [1.82, 2.24) is 0 Å². The van der Waals surface area contributed by atoms with E-state index in [-0.39, 0.29) is 25.2 Å². The molecule has 0 saturated carbocycles. The number of hydrogen-bond acceptors (Lipinski definition) is 5. The van der Waals surface area contributed by atoms with Gasteiger partial charge >= 0.3 is 11.9 Å². The van der Waals surface area contributed by atoms with Gasteiger partial charge in [-0.3, -0.25) is 9.59 Å². The quantitative estimate of drug-likeness (QED) is 0.0346. The van der Waals surface area contributed by atoms with Gasteiger partial charge in [-0.15, -0.1) is 0 Å². The summed E-state index contributed by atoms with van der Waals surface area (Å²) < 4.78 is 17.5. The highest BCUT2D eigenvalue weighted by molar-refractivity contribution is 5.69. The summed E-state index contributed by atoms with van der Waals surface area (Å²) in [6.07, 6.45) is 64.6. The minimum absolute atomic E-state index is 0.153. The minimum atomic E-state index is -0.403.